The second-order valence-corrected chi connectivity index (χ2v) is 7.40. The van der Waals surface area contributed by atoms with E-state index in [4.69, 9.17) is 0 Å². The molecule has 1 aromatic heterocycles. The Balaban J connectivity index is 1.88. The Bertz CT molecular complexity index is 742. The number of nitrogens with zero attached hydrogens (tertiary/aromatic N) is 2. The van der Waals surface area contributed by atoms with Gasteiger partial charge in [0.25, 0.3) is 0 Å². The van der Waals surface area contributed by atoms with Crippen LogP contribution in [-0.4, -0.2) is 42.3 Å². The molecule has 0 aliphatic carbocycles. The standard InChI is InChI=1S/C15H20N4O3S/c1-2-23(21,22)11-9-16-15(20)17-12-13-6-3-4-7-14(13)19-10-5-8-18-19/h3-8,10H,2,9,11-12H2,1H3,(H2,16,17,20). The first-order valence-electron chi connectivity index (χ1n) is 7.32. The molecule has 2 amide bonds. The lowest BCUT2D eigenvalue weighted by Gasteiger charge is -2.11. The molecule has 0 atom stereocenters. The highest BCUT2D eigenvalue weighted by molar-refractivity contribution is 7.91. The molecular formula is C15H20N4O3S. The molecule has 8 heteroatoms. The molecule has 2 N–H and O–H groups in total. The van der Waals surface area contributed by atoms with Crippen molar-refractivity contribution in [3.05, 3.63) is 48.3 Å². The summed E-state index contributed by atoms with van der Waals surface area (Å²) in [4.78, 5) is 11.7. The third-order valence-corrected chi connectivity index (χ3v) is 5.03. The van der Waals surface area contributed by atoms with E-state index in [-0.39, 0.29) is 18.1 Å². The van der Waals surface area contributed by atoms with E-state index in [0.29, 0.717) is 6.54 Å². The van der Waals surface area contributed by atoms with Gasteiger partial charge in [0.1, 0.15) is 0 Å². The van der Waals surface area contributed by atoms with Crippen molar-refractivity contribution in [2.45, 2.75) is 13.5 Å². The van der Waals surface area contributed by atoms with Gasteiger partial charge in [-0.2, -0.15) is 5.10 Å². The van der Waals surface area contributed by atoms with Gasteiger partial charge in [-0.05, 0) is 17.7 Å². The first kappa shape index (κ1) is 17.0. The average molecular weight is 336 g/mol. The van der Waals surface area contributed by atoms with Crippen molar-refractivity contribution < 1.29 is 13.2 Å². The summed E-state index contributed by atoms with van der Waals surface area (Å²) in [6, 6.07) is 9.03. The Morgan fingerprint density at radius 3 is 2.70 bits per heavy atom. The molecule has 23 heavy (non-hydrogen) atoms. The number of hydrogen-bond donors (Lipinski definition) is 2. The number of rotatable bonds is 7. The number of carbonyl (C=O) groups is 1. The molecule has 1 aromatic carbocycles. The third-order valence-electron chi connectivity index (χ3n) is 3.32. The van der Waals surface area contributed by atoms with Gasteiger partial charge in [-0.25, -0.2) is 17.9 Å². The summed E-state index contributed by atoms with van der Waals surface area (Å²) in [6.07, 6.45) is 3.51. The lowest BCUT2D eigenvalue weighted by atomic mass is 10.2. The molecule has 0 fully saturated rings. The molecule has 2 rings (SSSR count). The number of carbonyl (C=O) groups excluding carboxylic acids is 1. The average Bonchev–Trinajstić information content (AvgIpc) is 3.07. The zero-order valence-electron chi connectivity index (χ0n) is 12.9. The van der Waals surface area contributed by atoms with E-state index in [1.807, 2.05) is 36.5 Å². The fourth-order valence-corrected chi connectivity index (χ4v) is 2.70. The highest BCUT2D eigenvalue weighted by Crippen LogP contribution is 2.12. The topological polar surface area (TPSA) is 93.1 Å². The molecule has 0 radical (unpaired) electrons. The first-order chi connectivity index (χ1) is 11.0. The second-order valence-electron chi connectivity index (χ2n) is 4.93. The van der Waals surface area contributed by atoms with Gasteiger partial charge < -0.3 is 10.6 Å². The SMILES string of the molecule is CCS(=O)(=O)CCNC(=O)NCc1ccccc1-n1cccn1. The molecule has 0 spiro atoms. The van der Waals surface area contributed by atoms with Crippen molar-refractivity contribution >= 4 is 15.9 Å². The molecule has 2 aromatic rings. The number of hydrogen-bond acceptors (Lipinski definition) is 4. The summed E-state index contributed by atoms with van der Waals surface area (Å²) in [7, 11) is -3.07. The molecule has 0 bridgehead atoms. The van der Waals surface area contributed by atoms with Gasteiger partial charge in [0.05, 0.1) is 11.4 Å². The van der Waals surface area contributed by atoms with Crippen LogP contribution in [-0.2, 0) is 16.4 Å². The Hall–Kier alpha value is -2.35. The second kappa shape index (κ2) is 7.77. The maximum absolute atomic E-state index is 11.7. The molecule has 0 saturated heterocycles. The Kier molecular flexibility index (Phi) is 5.75. The van der Waals surface area contributed by atoms with Crippen molar-refractivity contribution in [1.29, 1.82) is 0 Å². The summed E-state index contributed by atoms with van der Waals surface area (Å²) >= 11 is 0. The number of benzene rings is 1. The maximum Gasteiger partial charge on any atom is 0.315 e. The first-order valence-corrected chi connectivity index (χ1v) is 9.14. The van der Waals surface area contributed by atoms with Crippen LogP contribution in [0.4, 0.5) is 4.79 Å². The smallest absolute Gasteiger partial charge is 0.315 e. The Labute approximate surface area is 135 Å². The summed E-state index contributed by atoms with van der Waals surface area (Å²) in [5.74, 6) is 0.0222. The van der Waals surface area contributed by atoms with Gasteiger partial charge in [-0.15, -0.1) is 0 Å². The van der Waals surface area contributed by atoms with Crippen molar-refractivity contribution in [2.75, 3.05) is 18.1 Å². The van der Waals surface area contributed by atoms with Crippen LogP contribution in [0.5, 0.6) is 0 Å². The maximum atomic E-state index is 11.7. The minimum Gasteiger partial charge on any atom is -0.337 e. The van der Waals surface area contributed by atoms with Crippen LogP contribution >= 0.6 is 0 Å². The highest BCUT2D eigenvalue weighted by Gasteiger charge is 2.09. The molecular weight excluding hydrogens is 316 g/mol. The number of para-hydroxylation sites is 1. The summed E-state index contributed by atoms with van der Waals surface area (Å²) < 4.78 is 24.4. The molecule has 0 unspecified atom stereocenters. The van der Waals surface area contributed by atoms with Crippen molar-refractivity contribution in [1.82, 2.24) is 20.4 Å². The van der Waals surface area contributed by atoms with Crippen molar-refractivity contribution in [3.8, 4) is 5.69 Å². The molecule has 0 aliphatic heterocycles. The quantitative estimate of drug-likeness (QED) is 0.792. The lowest BCUT2D eigenvalue weighted by Crippen LogP contribution is -2.38. The Morgan fingerprint density at radius 2 is 2.00 bits per heavy atom. The zero-order chi connectivity index (χ0) is 16.7. The van der Waals surface area contributed by atoms with E-state index in [1.54, 1.807) is 17.8 Å². The van der Waals surface area contributed by atoms with Gasteiger partial charge in [-0.3, -0.25) is 0 Å². The van der Waals surface area contributed by atoms with Crippen LogP contribution in [0.1, 0.15) is 12.5 Å². The monoisotopic (exact) mass is 336 g/mol. The van der Waals surface area contributed by atoms with Gasteiger partial charge in [0.15, 0.2) is 9.84 Å². The van der Waals surface area contributed by atoms with Crippen molar-refractivity contribution in [2.24, 2.45) is 0 Å². The minimum atomic E-state index is -3.07. The Morgan fingerprint density at radius 1 is 1.22 bits per heavy atom. The highest BCUT2D eigenvalue weighted by atomic mass is 32.2. The molecule has 1 heterocycles. The van der Waals surface area contributed by atoms with E-state index in [0.717, 1.165) is 11.3 Å². The number of urea groups is 1. The van der Waals surface area contributed by atoms with Crippen LogP contribution in [0.2, 0.25) is 0 Å². The lowest BCUT2D eigenvalue weighted by molar-refractivity contribution is 0.241. The number of sulfone groups is 1. The van der Waals surface area contributed by atoms with Crippen LogP contribution in [0.25, 0.3) is 5.69 Å². The normalized spacial score (nSPS) is 11.2. The van der Waals surface area contributed by atoms with Crippen LogP contribution < -0.4 is 10.6 Å². The van der Waals surface area contributed by atoms with Gasteiger partial charge in [-0.1, -0.05) is 25.1 Å². The summed E-state index contributed by atoms with van der Waals surface area (Å²) in [5, 5.41) is 9.45. The molecule has 124 valence electrons. The fourth-order valence-electron chi connectivity index (χ4n) is 2.00. The number of nitrogens with one attached hydrogen (secondary N) is 2. The van der Waals surface area contributed by atoms with Gasteiger partial charge in [0.2, 0.25) is 0 Å². The predicted molar refractivity (Wildman–Crippen MR) is 88.1 cm³/mol. The van der Waals surface area contributed by atoms with Gasteiger partial charge in [0, 0.05) is 31.2 Å². The third kappa shape index (κ3) is 5.10. The minimum absolute atomic E-state index is 0.0548. The van der Waals surface area contributed by atoms with Gasteiger partial charge >= 0.3 is 6.03 Å². The van der Waals surface area contributed by atoms with E-state index in [1.165, 1.54) is 0 Å². The van der Waals surface area contributed by atoms with E-state index < -0.39 is 15.9 Å². The zero-order valence-corrected chi connectivity index (χ0v) is 13.7. The largest absolute Gasteiger partial charge is 0.337 e. The van der Waals surface area contributed by atoms with E-state index in [2.05, 4.69) is 15.7 Å². The van der Waals surface area contributed by atoms with E-state index >= 15 is 0 Å². The summed E-state index contributed by atoms with van der Waals surface area (Å²) in [6.45, 7) is 2.01. The van der Waals surface area contributed by atoms with Crippen LogP contribution in [0.15, 0.2) is 42.7 Å². The molecule has 0 aliphatic rings. The van der Waals surface area contributed by atoms with E-state index in [9.17, 15) is 13.2 Å². The number of amides is 2. The summed E-state index contributed by atoms with van der Waals surface area (Å²) in [5.41, 5.74) is 1.79. The van der Waals surface area contributed by atoms with Crippen LogP contribution in [0.3, 0.4) is 0 Å². The number of aromatic nitrogens is 2. The fraction of sp³-hybridized carbons (Fsp3) is 0.333. The van der Waals surface area contributed by atoms with Crippen molar-refractivity contribution in [3.63, 3.8) is 0 Å². The predicted octanol–water partition coefficient (Wildman–Crippen LogP) is 1.11. The van der Waals surface area contributed by atoms with Crippen LogP contribution in [0, 0.1) is 0 Å². The molecule has 0 saturated carbocycles. The molecule has 7 nitrogen and oxygen atoms in total.